The molecule has 1 aromatic rings. The van der Waals surface area contributed by atoms with Gasteiger partial charge in [0.25, 0.3) is 0 Å². The van der Waals surface area contributed by atoms with Crippen LogP contribution in [0.3, 0.4) is 0 Å². The Morgan fingerprint density at radius 2 is 1.65 bits per heavy atom. The number of benzene rings is 1. The Kier molecular flexibility index (Phi) is 6.06. The van der Waals surface area contributed by atoms with Crippen LogP contribution >= 0.6 is 0 Å². The van der Waals surface area contributed by atoms with Gasteiger partial charge in [-0.3, -0.25) is 0 Å². The lowest BCUT2D eigenvalue weighted by Crippen LogP contribution is -2.27. The summed E-state index contributed by atoms with van der Waals surface area (Å²) < 4.78 is 0. The minimum atomic E-state index is 0.155. The predicted octanol–water partition coefficient (Wildman–Crippen LogP) is 3.72. The van der Waals surface area contributed by atoms with Crippen LogP contribution in [0, 0.1) is 0 Å². The van der Waals surface area contributed by atoms with Crippen LogP contribution in [0.5, 0.6) is 0 Å². The van der Waals surface area contributed by atoms with Crippen LogP contribution in [0.2, 0.25) is 0 Å². The molecule has 1 atom stereocenters. The third-order valence-electron chi connectivity index (χ3n) is 3.10. The number of para-hydroxylation sites is 1. The Morgan fingerprint density at radius 3 is 2.18 bits per heavy atom. The maximum Gasteiger partial charge on any atom is 0.0414 e. The molecule has 17 heavy (non-hydrogen) atoms. The smallest absolute Gasteiger partial charge is 0.0414 e. The Bertz CT molecular complexity index is 316. The van der Waals surface area contributed by atoms with Gasteiger partial charge >= 0.3 is 0 Å². The highest BCUT2D eigenvalue weighted by Crippen LogP contribution is 2.27. The van der Waals surface area contributed by atoms with Crippen molar-refractivity contribution in [1.29, 1.82) is 0 Å². The molecule has 0 aliphatic rings. The van der Waals surface area contributed by atoms with Crippen LogP contribution in [-0.2, 0) is 0 Å². The lowest BCUT2D eigenvalue weighted by atomic mass is 10.0. The molecule has 0 heterocycles. The van der Waals surface area contributed by atoms with Crippen molar-refractivity contribution in [3.8, 4) is 0 Å². The standard InChI is InChI=1S/C15H26N2/c1-4-11-17(12-5-2)15-10-8-7-9-13(15)14(16)6-3/h7-10,14H,4-6,11-12,16H2,1-3H3/t14-/m0/s1. The first kappa shape index (κ1) is 14.0. The maximum atomic E-state index is 6.20. The molecule has 0 fully saturated rings. The average molecular weight is 234 g/mol. The molecule has 1 rings (SSSR count). The number of nitrogens with two attached hydrogens (primary N) is 1. The molecule has 0 saturated carbocycles. The van der Waals surface area contributed by atoms with Crippen LogP contribution in [0.15, 0.2) is 24.3 Å². The Labute approximate surface area is 106 Å². The van der Waals surface area contributed by atoms with Gasteiger partial charge in [-0.1, -0.05) is 39.0 Å². The number of nitrogens with zero attached hydrogens (tertiary/aromatic N) is 1. The van der Waals surface area contributed by atoms with E-state index in [1.54, 1.807) is 0 Å². The van der Waals surface area contributed by atoms with Gasteiger partial charge in [0.15, 0.2) is 0 Å². The van der Waals surface area contributed by atoms with E-state index in [0.29, 0.717) is 0 Å². The number of hydrogen-bond donors (Lipinski definition) is 1. The SMILES string of the molecule is CCCN(CCC)c1ccccc1[C@@H](N)CC. The van der Waals surface area contributed by atoms with E-state index in [1.807, 2.05) is 0 Å². The Morgan fingerprint density at radius 1 is 1.06 bits per heavy atom. The molecule has 0 saturated heterocycles. The maximum absolute atomic E-state index is 6.20. The van der Waals surface area contributed by atoms with Crippen molar-refractivity contribution < 1.29 is 0 Å². The molecule has 0 unspecified atom stereocenters. The first-order chi connectivity index (χ1) is 8.24. The lowest BCUT2D eigenvalue weighted by molar-refractivity contribution is 0.681. The van der Waals surface area contributed by atoms with Gasteiger partial charge in [0.05, 0.1) is 0 Å². The minimum Gasteiger partial charge on any atom is -0.371 e. The topological polar surface area (TPSA) is 29.3 Å². The van der Waals surface area contributed by atoms with Crippen molar-refractivity contribution in [2.24, 2.45) is 5.73 Å². The largest absolute Gasteiger partial charge is 0.371 e. The fourth-order valence-corrected chi connectivity index (χ4v) is 2.20. The van der Waals surface area contributed by atoms with Gasteiger partial charge in [-0.15, -0.1) is 0 Å². The number of hydrogen-bond acceptors (Lipinski definition) is 2. The molecule has 2 nitrogen and oxygen atoms in total. The first-order valence-corrected chi connectivity index (χ1v) is 6.83. The molecule has 2 N–H and O–H groups in total. The molecule has 1 aromatic carbocycles. The first-order valence-electron chi connectivity index (χ1n) is 6.83. The summed E-state index contributed by atoms with van der Waals surface area (Å²) in [4.78, 5) is 2.46. The van der Waals surface area contributed by atoms with Gasteiger partial charge in [-0.05, 0) is 30.9 Å². The van der Waals surface area contributed by atoms with Gasteiger partial charge < -0.3 is 10.6 Å². The van der Waals surface area contributed by atoms with Crippen molar-refractivity contribution in [3.05, 3.63) is 29.8 Å². The van der Waals surface area contributed by atoms with Crippen molar-refractivity contribution in [1.82, 2.24) is 0 Å². The molecule has 0 aliphatic carbocycles. The fraction of sp³-hybridized carbons (Fsp3) is 0.600. The molecular formula is C15H26N2. The van der Waals surface area contributed by atoms with E-state index in [-0.39, 0.29) is 6.04 Å². The second kappa shape index (κ2) is 7.33. The molecule has 0 radical (unpaired) electrons. The third-order valence-corrected chi connectivity index (χ3v) is 3.10. The predicted molar refractivity (Wildman–Crippen MR) is 76.5 cm³/mol. The normalized spacial score (nSPS) is 12.5. The van der Waals surface area contributed by atoms with Crippen LogP contribution in [0.4, 0.5) is 5.69 Å². The van der Waals surface area contributed by atoms with Crippen LogP contribution < -0.4 is 10.6 Å². The Hall–Kier alpha value is -1.02. The summed E-state index contributed by atoms with van der Waals surface area (Å²) in [5, 5.41) is 0. The fourth-order valence-electron chi connectivity index (χ4n) is 2.20. The zero-order chi connectivity index (χ0) is 12.7. The molecule has 2 heteroatoms. The van der Waals surface area contributed by atoms with Crippen molar-refractivity contribution in [3.63, 3.8) is 0 Å². The van der Waals surface area contributed by atoms with E-state index in [9.17, 15) is 0 Å². The summed E-state index contributed by atoms with van der Waals surface area (Å²) >= 11 is 0. The highest BCUT2D eigenvalue weighted by molar-refractivity contribution is 5.55. The van der Waals surface area contributed by atoms with Gasteiger partial charge in [-0.25, -0.2) is 0 Å². The summed E-state index contributed by atoms with van der Waals surface area (Å²) in [5.41, 5.74) is 8.81. The van der Waals surface area contributed by atoms with Crippen LogP contribution in [-0.4, -0.2) is 13.1 Å². The Balaban J connectivity index is 2.99. The van der Waals surface area contributed by atoms with Crippen molar-refractivity contribution >= 4 is 5.69 Å². The van der Waals surface area contributed by atoms with E-state index < -0.39 is 0 Å². The molecule has 0 aliphatic heterocycles. The third kappa shape index (κ3) is 3.74. The van der Waals surface area contributed by atoms with Gasteiger partial charge in [0.2, 0.25) is 0 Å². The van der Waals surface area contributed by atoms with Gasteiger partial charge in [0.1, 0.15) is 0 Å². The second-order valence-electron chi connectivity index (χ2n) is 4.56. The minimum absolute atomic E-state index is 0.155. The molecule has 96 valence electrons. The zero-order valence-corrected chi connectivity index (χ0v) is 11.4. The monoisotopic (exact) mass is 234 g/mol. The zero-order valence-electron chi connectivity index (χ0n) is 11.4. The summed E-state index contributed by atoms with van der Waals surface area (Å²) in [5.74, 6) is 0. The summed E-state index contributed by atoms with van der Waals surface area (Å²) in [6.07, 6.45) is 3.34. The van der Waals surface area contributed by atoms with Crippen LogP contribution in [0.1, 0.15) is 51.6 Å². The average Bonchev–Trinajstić information content (AvgIpc) is 2.37. The number of rotatable bonds is 7. The van der Waals surface area contributed by atoms with Crippen molar-refractivity contribution in [2.45, 2.75) is 46.1 Å². The molecule has 0 spiro atoms. The highest BCUT2D eigenvalue weighted by Gasteiger charge is 2.13. The molecule has 0 aromatic heterocycles. The summed E-state index contributed by atoms with van der Waals surface area (Å²) in [6.45, 7) is 8.82. The van der Waals surface area contributed by atoms with E-state index >= 15 is 0 Å². The summed E-state index contributed by atoms with van der Waals surface area (Å²) in [6, 6.07) is 8.73. The number of anilines is 1. The van der Waals surface area contributed by atoms with Crippen molar-refractivity contribution in [2.75, 3.05) is 18.0 Å². The van der Waals surface area contributed by atoms with Gasteiger partial charge in [0, 0.05) is 24.8 Å². The quantitative estimate of drug-likeness (QED) is 0.779. The van der Waals surface area contributed by atoms with E-state index in [0.717, 1.165) is 19.5 Å². The lowest BCUT2D eigenvalue weighted by Gasteiger charge is -2.28. The second-order valence-corrected chi connectivity index (χ2v) is 4.56. The van der Waals surface area contributed by atoms with Gasteiger partial charge in [-0.2, -0.15) is 0 Å². The summed E-state index contributed by atoms with van der Waals surface area (Å²) in [7, 11) is 0. The molecule has 0 bridgehead atoms. The van der Waals surface area contributed by atoms with E-state index in [1.165, 1.54) is 24.1 Å². The highest BCUT2D eigenvalue weighted by atomic mass is 15.1. The van der Waals surface area contributed by atoms with Crippen LogP contribution in [0.25, 0.3) is 0 Å². The molecule has 0 amide bonds. The molecular weight excluding hydrogens is 208 g/mol. The van der Waals surface area contributed by atoms with E-state index in [4.69, 9.17) is 5.73 Å². The van der Waals surface area contributed by atoms with E-state index in [2.05, 4.69) is 49.9 Å².